The minimum absolute atomic E-state index is 0.0761. The number of carbonyl (C=O) groups is 2. The van der Waals surface area contributed by atoms with E-state index in [2.05, 4.69) is 22.1 Å². The molecule has 1 fully saturated rings. The highest BCUT2D eigenvalue weighted by molar-refractivity contribution is 7.92. The fraction of sp³-hybridized carbons (Fsp3) is 0.500. The molecule has 1 aromatic heterocycles. The Labute approximate surface area is 283 Å². The average molecular weight is 678 g/mol. The summed E-state index contributed by atoms with van der Waals surface area (Å²) in [4.78, 5) is 33.2. The van der Waals surface area contributed by atoms with Crippen molar-refractivity contribution in [1.29, 1.82) is 0 Å². The molecular weight excluding hydrogens is 630 g/mol. The van der Waals surface area contributed by atoms with Crippen LogP contribution in [0.2, 0.25) is 0 Å². The number of alkyl carbamates (subject to hydrolysis) is 1. The molecule has 0 unspecified atom stereocenters. The predicted octanol–water partition coefficient (Wildman–Crippen LogP) is 6.93. The van der Waals surface area contributed by atoms with Gasteiger partial charge in [0.25, 0.3) is 15.9 Å². The van der Waals surface area contributed by atoms with Crippen molar-refractivity contribution < 1.29 is 27.3 Å². The molecule has 2 heterocycles. The van der Waals surface area contributed by atoms with Crippen LogP contribution >= 0.6 is 0 Å². The van der Waals surface area contributed by atoms with Crippen LogP contribution in [0.1, 0.15) is 88.2 Å². The summed E-state index contributed by atoms with van der Waals surface area (Å²) in [5, 5.41) is 6.71. The van der Waals surface area contributed by atoms with E-state index in [0.29, 0.717) is 42.0 Å². The molecule has 5 rings (SSSR count). The number of sulfonamides is 1. The largest absolute Gasteiger partial charge is 0.449 e. The normalized spacial score (nSPS) is 15.8. The van der Waals surface area contributed by atoms with Gasteiger partial charge < -0.3 is 14.6 Å². The van der Waals surface area contributed by atoms with Crippen LogP contribution in [0.25, 0.3) is 11.1 Å². The van der Waals surface area contributed by atoms with Gasteiger partial charge in [-0.1, -0.05) is 81.6 Å². The van der Waals surface area contributed by atoms with Gasteiger partial charge in [0.05, 0.1) is 18.0 Å². The summed E-state index contributed by atoms with van der Waals surface area (Å²) in [6, 6.07) is 12.6. The molecule has 2 amide bonds. The maximum Gasteiger partial charge on any atom is 0.407 e. The van der Waals surface area contributed by atoms with Crippen LogP contribution in [0, 0.1) is 19.8 Å². The predicted molar refractivity (Wildman–Crippen MR) is 185 cm³/mol. The second kappa shape index (κ2) is 14.9. The van der Waals surface area contributed by atoms with Gasteiger partial charge >= 0.3 is 6.09 Å². The Morgan fingerprint density at radius 3 is 2.52 bits per heavy atom. The van der Waals surface area contributed by atoms with E-state index in [9.17, 15) is 18.0 Å². The number of aromatic nitrogens is 1. The SMILES string of the molecule is CCCCC1=NC2(CCCC2)C(=O)N1Cc1ccc(-c2ccccc2S(=O)(=O)Nc2noc(C)c2C)c(CCNC(=O)OCC(C)C)c1. The van der Waals surface area contributed by atoms with Crippen molar-refractivity contribution in [2.75, 3.05) is 17.9 Å². The summed E-state index contributed by atoms with van der Waals surface area (Å²) in [5.74, 6) is 1.80. The van der Waals surface area contributed by atoms with E-state index in [0.717, 1.165) is 61.9 Å². The van der Waals surface area contributed by atoms with Crippen molar-refractivity contribution in [3.8, 4) is 11.1 Å². The summed E-state index contributed by atoms with van der Waals surface area (Å²) < 4.78 is 40.6. The average Bonchev–Trinajstić information content (AvgIpc) is 3.74. The molecule has 1 aliphatic carbocycles. The summed E-state index contributed by atoms with van der Waals surface area (Å²) in [6.07, 6.45) is 6.18. The summed E-state index contributed by atoms with van der Waals surface area (Å²) in [6.45, 7) is 10.5. The van der Waals surface area contributed by atoms with Crippen LogP contribution in [-0.4, -0.2) is 55.0 Å². The first-order valence-electron chi connectivity index (χ1n) is 16.9. The smallest absolute Gasteiger partial charge is 0.407 e. The Morgan fingerprint density at radius 2 is 1.83 bits per heavy atom. The zero-order valence-corrected chi connectivity index (χ0v) is 29.4. The fourth-order valence-electron chi connectivity index (χ4n) is 6.31. The van der Waals surface area contributed by atoms with Gasteiger partial charge in [0.1, 0.15) is 17.1 Å². The van der Waals surface area contributed by atoms with Crippen LogP contribution in [0.3, 0.4) is 0 Å². The van der Waals surface area contributed by atoms with Crippen LogP contribution in [0.4, 0.5) is 10.6 Å². The number of amidine groups is 1. The highest BCUT2D eigenvalue weighted by atomic mass is 32.2. The van der Waals surface area contributed by atoms with Gasteiger partial charge in [-0.05, 0) is 68.2 Å². The summed E-state index contributed by atoms with van der Waals surface area (Å²) in [7, 11) is -4.06. The van der Waals surface area contributed by atoms with Gasteiger partial charge in [-0.15, -0.1) is 0 Å². The number of aliphatic imine (C=N–C) groups is 1. The molecule has 1 spiro atoms. The van der Waals surface area contributed by atoms with E-state index in [4.69, 9.17) is 14.3 Å². The van der Waals surface area contributed by atoms with Crippen molar-refractivity contribution in [1.82, 2.24) is 15.4 Å². The molecular formula is C36H47N5O6S. The number of anilines is 1. The highest BCUT2D eigenvalue weighted by Crippen LogP contribution is 2.40. The first kappa shape index (κ1) is 35.1. The van der Waals surface area contributed by atoms with Gasteiger partial charge in [-0.3, -0.25) is 19.4 Å². The lowest BCUT2D eigenvalue weighted by Crippen LogP contribution is -2.40. The van der Waals surface area contributed by atoms with Crippen molar-refractivity contribution in [2.45, 2.75) is 103 Å². The van der Waals surface area contributed by atoms with Gasteiger partial charge in [0, 0.05) is 24.1 Å². The van der Waals surface area contributed by atoms with Crippen molar-refractivity contribution in [3.05, 3.63) is 64.9 Å². The number of amides is 2. The number of hydrogen-bond acceptors (Lipinski definition) is 8. The topological polar surface area (TPSA) is 143 Å². The second-order valence-electron chi connectivity index (χ2n) is 13.2. The Kier molecular flexibility index (Phi) is 10.9. The molecule has 2 aliphatic rings. The zero-order valence-electron chi connectivity index (χ0n) is 28.6. The Hall–Kier alpha value is -4.19. The molecule has 1 aliphatic heterocycles. The number of hydrogen-bond donors (Lipinski definition) is 2. The van der Waals surface area contributed by atoms with Crippen LogP contribution in [0.15, 0.2) is 56.9 Å². The van der Waals surface area contributed by atoms with E-state index >= 15 is 0 Å². The number of rotatable bonds is 14. The first-order chi connectivity index (χ1) is 22.9. The fourth-order valence-corrected chi connectivity index (χ4v) is 7.59. The molecule has 3 aromatic rings. The quantitative estimate of drug-likeness (QED) is 0.188. The lowest BCUT2D eigenvalue weighted by molar-refractivity contribution is -0.131. The van der Waals surface area contributed by atoms with E-state index in [1.54, 1.807) is 38.1 Å². The summed E-state index contributed by atoms with van der Waals surface area (Å²) >= 11 is 0. The third-order valence-electron chi connectivity index (χ3n) is 9.06. The van der Waals surface area contributed by atoms with Crippen molar-refractivity contribution in [2.24, 2.45) is 10.9 Å². The molecule has 12 heteroatoms. The maximum absolute atomic E-state index is 13.8. The van der Waals surface area contributed by atoms with E-state index in [1.165, 1.54) is 0 Å². The number of nitrogens with zero attached hydrogens (tertiary/aromatic N) is 3. The molecule has 1 saturated carbocycles. The van der Waals surface area contributed by atoms with Crippen molar-refractivity contribution in [3.63, 3.8) is 0 Å². The minimum Gasteiger partial charge on any atom is -0.449 e. The van der Waals surface area contributed by atoms with E-state index in [1.807, 2.05) is 36.9 Å². The Bertz CT molecular complexity index is 1770. The van der Waals surface area contributed by atoms with Crippen molar-refractivity contribution >= 4 is 33.7 Å². The summed E-state index contributed by atoms with van der Waals surface area (Å²) in [5.41, 5.74) is 2.89. The number of nitrogens with one attached hydrogen (secondary N) is 2. The van der Waals surface area contributed by atoms with Gasteiger partial charge in [0.15, 0.2) is 5.82 Å². The van der Waals surface area contributed by atoms with Crippen LogP contribution < -0.4 is 10.0 Å². The molecule has 2 aromatic carbocycles. The van der Waals surface area contributed by atoms with Crippen LogP contribution in [-0.2, 0) is 32.5 Å². The molecule has 0 atom stereocenters. The lowest BCUT2D eigenvalue weighted by Gasteiger charge is -2.23. The molecule has 0 bridgehead atoms. The number of benzene rings is 2. The molecule has 48 heavy (non-hydrogen) atoms. The standard InChI is InChI=1S/C36H47N5O6S/c1-6-7-14-32-38-36(18-10-11-19-36)34(42)41(32)22-27-15-16-29(28(21-27)17-20-37-35(43)46-23-24(2)3)30-12-8-9-13-31(30)48(44,45)40-33-25(4)26(5)47-39-33/h8-9,12-13,15-16,21,24H,6-7,10-11,14,17-20,22-23H2,1-5H3,(H,37,43)(H,39,40). The number of ether oxygens (including phenoxy) is 1. The number of carbonyl (C=O) groups excluding carboxylic acids is 2. The van der Waals surface area contributed by atoms with E-state index < -0.39 is 21.7 Å². The van der Waals surface area contributed by atoms with Gasteiger partial charge in [0.2, 0.25) is 0 Å². The van der Waals surface area contributed by atoms with Gasteiger partial charge in [-0.25, -0.2) is 13.2 Å². The molecule has 0 radical (unpaired) electrons. The molecule has 0 saturated heterocycles. The maximum atomic E-state index is 13.8. The number of unbranched alkanes of at least 4 members (excludes halogenated alkanes) is 1. The molecule has 11 nitrogen and oxygen atoms in total. The first-order valence-corrected chi connectivity index (χ1v) is 18.4. The van der Waals surface area contributed by atoms with Gasteiger partial charge in [-0.2, -0.15) is 0 Å². The third-order valence-corrected chi connectivity index (χ3v) is 10.5. The van der Waals surface area contributed by atoms with Crippen LogP contribution in [0.5, 0.6) is 0 Å². The highest BCUT2D eigenvalue weighted by Gasteiger charge is 2.49. The minimum atomic E-state index is -4.06. The molecule has 2 N–H and O–H groups in total. The zero-order chi connectivity index (χ0) is 34.5. The Balaban J connectivity index is 1.48. The Morgan fingerprint density at radius 1 is 1.08 bits per heavy atom. The number of aryl methyl sites for hydroxylation is 1. The second-order valence-corrected chi connectivity index (χ2v) is 14.9. The molecule has 258 valence electrons. The third kappa shape index (κ3) is 7.75. The monoisotopic (exact) mass is 677 g/mol. The lowest BCUT2D eigenvalue weighted by atomic mass is 9.94. The van der Waals surface area contributed by atoms with E-state index in [-0.39, 0.29) is 29.1 Å².